The van der Waals surface area contributed by atoms with Crippen molar-refractivity contribution in [1.29, 1.82) is 0 Å². The Labute approximate surface area is 69.0 Å². The summed E-state index contributed by atoms with van der Waals surface area (Å²) >= 11 is 5.99. The minimum Gasteiger partial charge on any atom is -0.123 e. The molecule has 1 fully saturated rings. The van der Waals surface area contributed by atoms with Gasteiger partial charge in [-0.1, -0.05) is 26.2 Å². The van der Waals surface area contributed by atoms with Crippen molar-refractivity contribution in [2.45, 2.75) is 50.8 Å². The van der Waals surface area contributed by atoms with Crippen LogP contribution in [0, 0.1) is 5.92 Å². The topological polar surface area (TPSA) is 0 Å². The number of hydrogen-bond acceptors (Lipinski definition) is 0. The zero-order chi connectivity index (χ0) is 7.40. The van der Waals surface area contributed by atoms with Crippen LogP contribution in [-0.2, 0) is 0 Å². The van der Waals surface area contributed by atoms with Gasteiger partial charge in [-0.3, -0.25) is 0 Å². The normalized spacial score (nSPS) is 33.0. The Kier molecular flexibility index (Phi) is 3.55. The van der Waals surface area contributed by atoms with Crippen LogP contribution in [0.25, 0.3) is 0 Å². The van der Waals surface area contributed by atoms with Crippen LogP contribution in [0.2, 0.25) is 0 Å². The van der Waals surface area contributed by atoms with Gasteiger partial charge in [-0.15, -0.1) is 11.6 Å². The summed E-state index contributed by atoms with van der Waals surface area (Å²) in [6.07, 6.45) is 8.07. The maximum Gasteiger partial charge on any atom is 0.0338 e. The molecule has 60 valence electrons. The molecular weight excluding hydrogens is 144 g/mol. The predicted molar refractivity (Wildman–Crippen MR) is 46.5 cm³/mol. The molecule has 1 heteroatoms. The van der Waals surface area contributed by atoms with Gasteiger partial charge in [0, 0.05) is 5.38 Å². The van der Waals surface area contributed by atoms with Crippen LogP contribution in [0.4, 0.5) is 0 Å². The molecule has 2 unspecified atom stereocenters. The van der Waals surface area contributed by atoms with Crippen LogP contribution in [0.3, 0.4) is 0 Å². The highest BCUT2D eigenvalue weighted by Crippen LogP contribution is 2.32. The Bertz CT molecular complexity index is 90.7. The largest absolute Gasteiger partial charge is 0.123 e. The molecule has 0 spiro atoms. The summed E-state index contributed by atoms with van der Waals surface area (Å²) in [5.41, 5.74) is 0. The van der Waals surface area contributed by atoms with E-state index >= 15 is 0 Å². The molecule has 0 N–H and O–H groups in total. The highest BCUT2D eigenvalue weighted by atomic mass is 35.5. The number of rotatable bonds is 3. The molecule has 1 saturated carbocycles. The van der Waals surface area contributed by atoms with Crippen LogP contribution in [0.1, 0.15) is 45.4 Å². The summed E-state index contributed by atoms with van der Waals surface area (Å²) in [6, 6.07) is 0. The zero-order valence-electron chi connectivity index (χ0n) is 6.78. The number of unbranched alkanes of at least 4 members (excludes halogenated alkanes) is 1. The number of alkyl halides is 1. The van der Waals surface area contributed by atoms with Gasteiger partial charge in [0.25, 0.3) is 0 Å². The van der Waals surface area contributed by atoms with E-state index in [0.29, 0.717) is 5.38 Å². The van der Waals surface area contributed by atoms with Crippen molar-refractivity contribution in [1.82, 2.24) is 0 Å². The molecule has 1 aliphatic rings. The third kappa shape index (κ3) is 2.49. The second kappa shape index (κ2) is 4.23. The Morgan fingerprint density at radius 3 is 2.70 bits per heavy atom. The molecule has 0 aromatic heterocycles. The first kappa shape index (κ1) is 8.39. The average molecular weight is 161 g/mol. The first-order valence-electron chi connectivity index (χ1n) is 4.47. The van der Waals surface area contributed by atoms with Gasteiger partial charge in [0.2, 0.25) is 0 Å². The van der Waals surface area contributed by atoms with E-state index in [0.717, 1.165) is 5.92 Å². The van der Waals surface area contributed by atoms with E-state index in [1.807, 2.05) is 0 Å². The van der Waals surface area contributed by atoms with E-state index in [-0.39, 0.29) is 0 Å². The molecule has 0 aromatic rings. The average Bonchev–Trinajstić information content (AvgIpc) is 2.31. The van der Waals surface area contributed by atoms with Gasteiger partial charge in [-0.2, -0.15) is 0 Å². The van der Waals surface area contributed by atoms with Crippen LogP contribution < -0.4 is 0 Å². The van der Waals surface area contributed by atoms with E-state index in [4.69, 9.17) is 11.6 Å². The minimum absolute atomic E-state index is 0.502. The smallest absolute Gasteiger partial charge is 0.0338 e. The summed E-state index contributed by atoms with van der Waals surface area (Å²) in [5, 5.41) is 0.502. The third-order valence-corrected chi connectivity index (χ3v) is 2.84. The van der Waals surface area contributed by atoms with Crippen molar-refractivity contribution >= 4 is 11.6 Å². The lowest BCUT2D eigenvalue weighted by atomic mass is 10.0. The van der Waals surface area contributed by atoms with Gasteiger partial charge in [-0.25, -0.2) is 0 Å². The van der Waals surface area contributed by atoms with Crippen molar-refractivity contribution in [2.24, 2.45) is 5.92 Å². The lowest BCUT2D eigenvalue weighted by Gasteiger charge is -2.06. The molecule has 1 rings (SSSR count). The van der Waals surface area contributed by atoms with E-state index in [9.17, 15) is 0 Å². The van der Waals surface area contributed by atoms with E-state index in [1.54, 1.807) is 0 Å². The molecule has 2 atom stereocenters. The highest BCUT2D eigenvalue weighted by molar-refractivity contribution is 6.20. The molecule has 0 bridgehead atoms. The predicted octanol–water partition coefficient (Wildman–Crippen LogP) is 3.58. The van der Waals surface area contributed by atoms with Crippen molar-refractivity contribution in [3.8, 4) is 0 Å². The van der Waals surface area contributed by atoms with Crippen molar-refractivity contribution in [3.63, 3.8) is 0 Å². The van der Waals surface area contributed by atoms with Gasteiger partial charge >= 0.3 is 0 Å². The lowest BCUT2D eigenvalue weighted by Crippen LogP contribution is -1.94. The summed E-state index contributed by atoms with van der Waals surface area (Å²) in [6.45, 7) is 2.26. The van der Waals surface area contributed by atoms with E-state index < -0.39 is 0 Å². The van der Waals surface area contributed by atoms with Gasteiger partial charge < -0.3 is 0 Å². The quantitative estimate of drug-likeness (QED) is 0.554. The fourth-order valence-corrected chi connectivity index (χ4v) is 2.15. The fraction of sp³-hybridized carbons (Fsp3) is 1.00. The molecule has 0 heterocycles. The monoisotopic (exact) mass is 160 g/mol. The van der Waals surface area contributed by atoms with Gasteiger partial charge in [0.15, 0.2) is 0 Å². The zero-order valence-corrected chi connectivity index (χ0v) is 7.53. The van der Waals surface area contributed by atoms with Crippen molar-refractivity contribution in [3.05, 3.63) is 0 Å². The van der Waals surface area contributed by atoms with E-state index in [1.165, 1.54) is 38.5 Å². The summed E-state index contributed by atoms with van der Waals surface area (Å²) in [5.74, 6) is 0.961. The van der Waals surface area contributed by atoms with Gasteiger partial charge in [0.1, 0.15) is 0 Å². The number of hydrogen-bond donors (Lipinski definition) is 0. The first-order chi connectivity index (χ1) is 4.83. The third-order valence-electron chi connectivity index (χ3n) is 2.44. The first-order valence-corrected chi connectivity index (χ1v) is 4.90. The molecule has 0 nitrogen and oxygen atoms in total. The Morgan fingerprint density at radius 2 is 2.20 bits per heavy atom. The molecule has 0 saturated heterocycles. The molecule has 1 aliphatic carbocycles. The van der Waals surface area contributed by atoms with E-state index in [2.05, 4.69) is 6.92 Å². The summed E-state index contributed by atoms with van der Waals surface area (Å²) in [7, 11) is 0. The van der Waals surface area contributed by atoms with Crippen LogP contribution in [0.15, 0.2) is 0 Å². The summed E-state index contributed by atoms with van der Waals surface area (Å²) < 4.78 is 0. The Hall–Kier alpha value is 0.290. The highest BCUT2D eigenvalue weighted by Gasteiger charge is 2.21. The molecule has 0 aromatic carbocycles. The SMILES string of the molecule is CCCCC1CCC(Cl)C1. The maximum absolute atomic E-state index is 5.99. The van der Waals surface area contributed by atoms with Crippen LogP contribution in [-0.4, -0.2) is 5.38 Å². The molecular formula is C9H17Cl. The number of halogens is 1. The fourth-order valence-electron chi connectivity index (χ4n) is 1.77. The molecule has 10 heavy (non-hydrogen) atoms. The lowest BCUT2D eigenvalue weighted by molar-refractivity contribution is 0.481. The van der Waals surface area contributed by atoms with Gasteiger partial charge in [0.05, 0.1) is 0 Å². The van der Waals surface area contributed by atoms with Crippen LogP contribution in [0.5, 0.6) is 0 Å². The Balaban J connectivity index is 2.06. The minimum atomic E-state index is 0.502. The Morgan fingerprint density at radius 1 is 1.40 bits per heavy atom. The van der Waals surface area contributed by atoms with Crippen LogP contribution >= 0.6 is 11.6 Å². The molecule has 0 radical (unpaired) electrons. The summed E-state index contributed by atoms with van der Waals surface area (Å²) in [4.78, 5) is 0. The van der Waals surface area contributed by atoms with Gasteiger partial charge in [-0.05, 0) is 25.2 Å². The van der Waals surface area contributed by atoms with Crippen molar-refractivity contribution in [2.75, 3.05) is 0 Å². The maximum atomic E-state index is 5.99. The molecule has 0 aliphatic heterocycles. The second-order valence-electron chi connectivity index (χ2n) is 3.42. The standard InChI is InChI=1S/C9H17Cl/c1-2-3-4-8-5-6-9(10)7-8/h8-9H,2-7H2,1H3. The molecule has 0 amide bonds. The van der Waals surface area contributed by atoms with Crippen molar-refractivity contribution < 1.29 is 0 Å². The second-order valence-corrected chi connectivity index (χ2v) is 4.04.